The summed E-state index contributed by atoms with van der Waals surface area (Å²) < 4.78 is 32.5. The van der Waals surface area contributed by atoms with Gasteiger partial charge in [-0.2, -0.15) is 4.31 Å². The van der Waals surface area contributed by atoms with Crippen LogP contribution in [0, 0.1) is 0 Å². The molecule has 1 aliphatic rings. The Balaban J connectivity index is 2.16. The van der Waals surface area contributed by atoms with Gasteiger partial charge >= 0.3 is 5.97 Å². The lowest BCUT2D eigenvalue weighted by Gasteiger charge is -2.33. The SMILES string of the molecule is CCN(CC)C(=O)COC(=O)C1CCCCN1S(=O)(=O)c1ccc(C(C)=O)cc1. The molecule has 1 amide bonds. The Morgan fingerprint density at radius 2 is 1.72 bits per heavy atom. The second kappa shape index (κ2) is 9.98. The van der Waals surface area contributed by atoms with Crippen molar-refractivity contribution >= 4 is 27.7 Å². The van der Waals surface area contributed by atoms with E-state index in [1.807, 2.05) is 13.8 Å². The molecule has 160 valence electrons. The molecule has 1 saturated heterocycles. The number of hydrogen-bond acceptors (Lipinski definition) is 6. The summed E-state index contributed by atoms with van der Waals surface area (Å²) in [7, 11) is -3.94. The number of nitrogens with zero attached hydrogens (tertiary/aromatic N) is 2. The number of hydrogen-bond donors (Lipinski definition) is 0. The Hall–Kier alpha value is -2.26. The van der Waals surface area contributed by atoms with Gasteiger partial charge in [-0.05, 0) is 52.2 Å². The number of ketones is 1. The lowest BCUT2D eigenvalue weighted by atomic mass is 10.1. The molecule has 1 aromatic carbocycles. The molecule has 0 spiro atoms. The highest BCUT2D eigenvalue weighted by molar-refractivity contribution is 7.89. The van der Waals surface area contributed by atoms with E-state index in [2.05, 4.69) is 0 Å². The van der Waals surface area contributed by atoms with Crippen molar-refractivity contribution in [2.45, 2.75) is 51.0 Å². The summed E-state index contributed by atoms with van der Waals surface area (Å²) in [6, 6.07) is 4.68. The fourth-order valence-corrected chi connectivity index (χ4v) is 4.97. The number of Topliss-reactive ketones (excluding diaryl/α,β-unsaturated/α-hetero) is 1. The molecule has 9 heteroatoms. The normalized spacial score (nSPS) is 17.6. The molecule has 1 unspecified atom stereocenters. The third-order valence-corrected chi connectivity index (χ3v) is 6.97. The highest BCUT2D eigenvalue weighted by Crippen LogP contribution is 2.26. The van der Waals surface area contributed by atoms with Gasteiger partial charge in [0.2, 0.25) is 10.0 Å². The molecule has 8 nitrogen and oxygen atoms in total. The van der Waals surface area contributed by atoms with Crippen molar-refractivity contribution in [1.82, 2.24) is 9.21 Å². The molecular formula is C20H28N2O6S. The van der Waals surface area contributed by atoms with Gasteiger partial charge in [0.25, 0.3) is 5.91 Å². The van der Waals surface area contributed by atoms with Crippen LogP contribution < -0.4 is 0 Å². The second-order valence-corrected chi connectivity index (χ2v) is 8.77. The van der Waals surface area contributed by atoms with E-state index in [9.17, 15) is 22.8 Å². The zero-order valence-corrected chi connectivity index (χ0v) is 17.9. The van der Waals surface area contributed by atoms with Gasteiger partial charge in [0.05, 0.1) is 4.90 Å². The summed E-state index contributed by atoms with van der Waals surface area (Å²) in [5.74, 6) is -1.19. The quantitative estimate of drug-likeness (QED) is 0.466. The van der Waals surface area contributed by atoms with E-state index in [0.717, 1.165) is 4.31 Å². The third kappa shape index (κ3) is 5.42. The molecule has 0 saturated carbocycles. The van der Waals surface area contributed by atoms with E-state index in [1.165, 1.54) is 31.2 Å². The number of amides is 1. The van der Waals surface area contributed by atoms with Crippen molar-refractivity contribution in [3.8, 4) is 0 Å². The Morgan fingerprint density at radius 1 is 1.10 bits per heavy atom. The largest absolute Gasteiger partial charge is 0.454 e. The molecule has 0 aliphatic carbocycles. The van der Waals surface area contributed by atoms with Crippen LogP contribution in [0.2, 0.25) is 0 Å². The number of piperidine rings is 1. The number of benzene rings is 1. The summed E-state index contributed by atoms with van der Waals surface area (Å²) >= 11 is 0. The molecule has 0 N–H and O–H groups in total. The molecule has 2 rings (SSSR count). The smallest absolute Gasteiger partial charge is 0.324 e. The van der Waals surface area contributed by atoms with Gasteiger partial charge in [-0.15, -0.1) is 0 Å². The lowest BCUT2D eigenvalue weighted by molar-refractivity contribution is -0.155. The van der Waals surface area contributed by atoms with Crippen LogP contribution in [0.5, 0.6) is 0 Å². The van der Waals surface area contributed by atoms with Gasteiger partial charge < -0.3 is 9.64 Å². The Bertz CT molecular complexity index is 846. The van der Waals surface area contributed by atoms with Crippen LogP contribution in [0.1, 0.15) is 50.4 Å². The number of ether oxygens (including phenoxy) is 1. The Morgan fingerprint density at radius 3 is 2.28 bits per heavy atom. The monoisotopic (exact) mass is 424 g/mol. The molecule has 1 atom stereocenters. The highest BCUT2D eigenvalue weighted by atomic mass is 32.2. The number of rotatable bonds is 8. The number of likely N-dealkylation sites (N-methyl/N-ethyl adjacent to an activating group) is 1. The van der Waals surface area contributed by atoms with Crippen LogP contribution in [-0.2, 0) is 24.3 Å². The minimum Gasteiger partial charge on any atom is -0.454 e. The molecule has 1 aromatic rings. The Kier molecular flexibility index (Phi) is 7.92. The van der Waals surface area contributed by atoms with Crippen LogP contribution in [0.15, 0.2) is 29.2 Å². The molecule has 1 heterocycles. The standard InChI is InChI=1S/C20H28N2O6S/c1-4-21(5-2)19(24)14-28-20(25)18-8-6-7-13-22(18)29(26,27)17-11-9-16(10-12-17)15(3)23/h9-12,18H,4-8,13-14H2,1-3H3. The van der Waals surface area contributed by atoms with E-state index in [1.54, 1.807) is 4.90 Å². The summed E-state index contributed by atoms with van der Waals surface area (Å²) in [4.78, 5) is 37.6. The predicted molar refractivity (Wildman–Crippen MR) is 107 cm³/mol. The highest BCUT2D eigenvalue weighted by Gasteiger charge is 2.38. The average molecular weight is 425 g/mol. The van der Waals surface area contributed by atoms with Gasteiger partial charge in [-0.1, -0.05) is 12.1 Å². The topological polar surface area (TPSA) is 101 Å². The van der Waals surface area contributed by atoms with E-state index in [0.29, 0.717) is 37.9 Å². The van der Waals surface area contributed by atoms with E-state index in [4.69, 9.17) is 4.74 Å². The van der Waals surface area contributed by atoms with Gasteiger partial charge in [-0.25, -0.2) is 8.42 Å². The first-order chi connectivity index (χ1) is 13.7. The zero-order valence-electron chi connectivity index (χ0n) is 17.1. The molecular weight excluding hydrogens is 396 g/mol. The first-order valence-corrected chi connectivity index (χ1v) is 11.2. The van der Waals surface area contributed by atoms with Crippen LogP contribution in [0.3, 0.4) is 0 Å². The van der Waals surface area contributed by atoms with Crippen molar-refractivity contribution < 1.29 is 27.5 Å². The first-order valence-electron chi connectivity index (χ1n) is 9.79. The number of carbonyl (C=O) groups is 3. The van der Waals surface area contributed by atoms with Crippen molar-refractivity contribution in [3.05, 3.63) is 29.8 Å². The number of sulfonamides is 1. The van der Waals surface area contributed by atoms with Gasteiger partial charge in [0.1, 0.15) is 6.04 Å². The number of esters is 1. The maximum atomic E-state index is 13.1. The van der Waals surface area contributed by atoms with Gasteiger partial charge in [0, 0.05) is 25.2 Å². The van der Waals surface area contributed by atoms with Gasteiger partial charge in [0.15, 0.2) is 12.4 Å². The maximum Gasteiger partial charge on any atom is 0.324 e. The molecule has 1 fully saturated rings. The van der Waals surface area contributed by atoms with Crippen molar-refractivity contribution in [3.63, 3.8) is 0 Å². The molecule has 0 aromatic heterocycles. The predicted octanol–water partition coefficient (Wildman–Crippen LogP) is 1.84. The van der Waals surface area contributed by atoms with Crippen LogP contribution in [-0.4, -0.2) is 67.6 Å². The molecule has 29 heavy (non-hydrogen) atoms. The third-order valence-electron chi connectivity index (χ3n) is 5.05. The lowest BCUT2D eigenvalue weighted by Crippen LogP contribution is -2.49. The summed E-state index contributed by atoms with van der Waals surface area (Å²) in [5, 5.41) is 0. The van der Waals surface area contributed by atoms with Crippen molar-refractivity contribution in [2.75, 3.05) is 26.2 Å². The van der Waals surface area contributed by atoms with Gasteiger partial charge in [-0.3, -0.25) is 14.4 Å². The summed E-state index contributed by atoms with van der Waals surface area (Å²) in [6.45, 7) is 5.87. The van der Waals surface area contributed by atoms with Crippen LogP contribution in [0.25, 0.3) is 0 Å². The summed E-state index contributed by atoms with van der Waals surface area (Å²) in [6.07, 6.45) is 1.66. The van der Waals surface area contributed by atoms with Crippen LogP contribution >= 0.6 is 0 Å². The first kappa shape index (κ1) is 23.0. The van der Waals surface area contributed by atoms with Crippen molar-refractivity contribution in [2.24, 2.45) is 0 Å². The van der Waals surface area contributed by atoms with E-state index in [-0.39, 0.29) is 23.1 Å². The van der Waals surface area contributed by atoms with E-state index >= 15 is 0 Å². The molecule has 0 bridgehead atoms. The fraction of sp³-hybridized carbons (Fsp3) is 0.550. The summed E-state index contributed by atoms with van der Waals surface area (Å²) in [5.41, 5.74) is 0.411. The minimum atomic E-state index is -3.94. The zero-order chi connectivity index (χ0) is 21.6. The molecule has 0 radical (unpaired) electrons. The second-order valence-electron chi connectivity index (χ2n) is 6.88. The fourth-order valence-electron chi connectivity index (χ4n) is 3.32. The van der Waals surface area contributed by atoms with Crippen molar-refractivity contribution in [1.29, 1.82) is 0 Å². The maximum absolute atomic E-state index is 13.1. The minimum absolute atomic E-state index is 0.0152. The van der Waals surface area contributed by atoms with Crippen LogP contribution in [0.4, 0.5) is 0 Å². The molecule has 1 aliphatic heterocycles. The van der Waals surface area contributed by atoms with E-state index < -0.39 is 28.6 Å². The number of carbonyl (C=O) groups excluding carboxylic acids is 3. The average Bonchev–Trinajstić information content (AvgIpc) is 2.72. The Labute approximate surface area is 171 Å².